The zero-order valence-corrected chi connectivity index (χ0v) is 15.3. The third-order valence-corrected chi connectivity index (χ3v) is 5.71. The highest BCUT2D eigenvalue weighted by Crippen LogP contribution is 2.23. The molecular formula is C15H20ClN3O5S. The quantitative estimate of drug-likeness (QED) is 0.706. The standard InChI is InChI=1S/C15H20ClN3O5S/c1-2-17-14(20)15(21)18-10-13-19(8-3-9-24-13)25(22,23)12-6-4-11(16)5-7-12/h4-7,13H,2-3,8-10H2,1H3,(H,17,20)(H,18,21). The van der Waals surface area contributed by atoms with E-state index >= 15 is 0 Å². The average molecular weight is 390 g/mol. The Kier molecular flexibility index (Phi) is 6.77. The first-order valence-electron chi connectivity index (χ1n) is 7.81. The maximum absolute atomic E-state index is 12.8. The lowest BCUT2D eigenvalue weighted by molar-refractivity contribution is -0.140. The smallest absolute Gasteiger partial charge is 0.309 e. The van der Waals surface area contributed by atoms with Gasteiger partial charge in [-0.2, -0.15) is 4.31 Å². The molecule has 0 spiro atoms. The van der Waals surface area contributed by atoms with Crippen molar-refractivity contribution >= 4 is 33.4 Å². The minimum absolute atomic E-state index is 0.0856. The molecule has 0 saturated carbocycles. The second kappa shape index (κ2) is 8.61. The van der Waals surface area contributed by atoms with Crippen LogP contribution >= 0.6 is 11.6 Å². The number of carbonyl (C=O) groups is 2. The summed E-state index contributed by atoms with van der Waals surface area (Å²) in [7, 11) is -3.81. The summed E-state index contributed by atoms with van der Waals surface area (Å²) in [6.07, 6.45) is -0.346. The van der Waals surface area contributed by atoms with Crippen LogP contribution in [0.25, 0.3) is 0 Å². The SMILES string of the molecule is CCNC(=O)C(=O)NCC1OCCCN1S(=O)(=O)c1ccc(Cl)cc1. The first-order valence-corrected chi connectivity index (χ1v) is 9.63. The predicted octanol–water partition coefficient (Wildman–Crippen LogP) is 0.329. The molecular weight excluding hydrogens is 370 g/mol. The molecule has 1 aromatic rings. The molecule has 25 heavy (non-hydrogen) atoms. The number of ether oxygens (including phenoxy) is 1. The molecule has 138 valence electrons. The minimum Gasteiger partial charge on any atom is -0.360 e. The molecule has 1 saturated heterocycles. The summed E-state index contributed by atoms with van der Waals surface area (Å²) in [6.45, 7) is 2.52. The number of nitrogens with one attached hydrogen (secondary N) is 2. The van der Waals surface area contributed by atoms with Gasteiger partial charge in [0.1, 0.15) is 6.23 Å². The zero-order chi connectivity index (χ0) is 18.4. The summed E-state index contributed by atoms with van der Waals surface area (Å²) in [5.74, 6) is -1.61. The number of sulfonamides is 1. The van der Waals surface area contributed by atoms with E-state index < -0.39 is 28.1 Å². The number of amides is 2. The van der Waals surface area contributed by atoms with Gasteiger partial charge in [-0.1, -0.05) is 11.6 Å². The third kappa shape index (κ3) is 4.91. The van der Waals surface area contributed by atoms with Gasteiger partial charge in [-0.15, -0.1) is 0 Å². The normalized spacial score (nSPS) is 18.6. The Hall–Kier alpha value is -1.68. The Morgan fingerprint density at radius 1 is 1.24 bits per heavy atom. The molecule has 1 aliphatic heterocycles. The highest BCUT2D eigenvalue weighted by atomic mass is 35.5. The predicted molar refractivity (Wildman–Crippen MR) is 91.4 cm³/mol. The van der Waals surface area contributed by atoms with Crippen LogP contribution in [0.15, 0.2) is 29.2 Å². The van der Waals surface area contributed by atoms with E-state index in [0.717, 1.165) is 0 Å². The van der Waals surface area contributed by atoms with E-state index in [1.165, 1.54) is 28.6 Å². The molecule has 0 aliphatic carbocycles. The summed E-state index contributed by atoms with van der Waals surface area (Å²) in [6, 6.07) is 5.81. The van der Waals surface area contributed by atoms with E-state index in [1.807, 2.05) is 0 Å². The molecule has 8 nitrogen and oxygen atoms in total. The van der Waals surface area contributed by atoms with Gasteiger partial charge >= 0.3 is 11.8 Å². The maximum Gasteiger partial charge on any atom is 0.309 e. The monoisotopic (exact) mass is 389 g/mol. The lowest BCUT2D eigenvalue weighted by Crippen LogP contribution is -2.53. The number of carbonyl (C=O) groups excluding carboxylic acids is 2. The molecule has 1 fully saturated rings. The van der Waals surface area contributed by atoms with Crippen molar-refractivity contribution in [3.63, 3.8) is 0 Å². The summed E-state index contributed by atoms with van der Waals surface area (Å²) in [4.78, 5) is 23.2. The topological polar surface area (TPSA) is 105 Å². The number of halogens is 1. The molecule has 1 aromatic carbocycles. The van der Waals surface area contributed by atoms with Crippen molar-refractivity contribution in [3.8, 4) is 0 Å². The number of nitrogens with zero attached hydrogens (tertiary/aromatic N) is 1. The fraction of sp³-hybridized carbons (Fsp3) is 0.467. The minimum atomic E-state index is -3.81. The molecule has 0 aromatic heterocycles. The molecule has 0 bridgehead atoms. The summed E-state index contributed by atoms with van der Waals surface area (Å²) in [5, 5.41) is 5.20. The van der Waals surface area contributed by atoms with Crippen LogP contribution in [0.4, 0.5) is 0 Å². The number of hydrogen-bond acceptors (Lipinski definition) is 5. The lowest BCUT2D eigenvalue weighted by atomic mass is 10.3. The fourth-order valence-electron chi connectivity index (χ4n) is 2.35. The average Bonchev–Trinajstić information content (AvgIpc) is 2.60. The summed E-state index contributed by atoms with van der Waals surface area (Å²) >= 11 is 5.80. The summed E-state index contributed by atoms with van der Waals surface area (Å²) in [5.41, 5.74) is 0. The maximum atomic E-state index is 12.8. The van der Waals surface area contributed by atoms with Gasteiger partial charge in [-0.05, 0) is 37.6 Å². The number of benzene rings is 1. The van der Waals surface area contributed by atoms with Crippen molar-refractivity contribution in [2.24, 2.45) is 0 Å². The van der Waals surface area contributed by atoms with Crippen LogP contribution < -0.4 is 10.6 Å². The first kappa shape index (κ1) is 19.6. The van der Waals surface area contributed by atoms with Crippen molar-refractivity contribution in [2.75, 3.05) is 26.2 Å². The highest BCUT2D eigenvalue weighted by molar-refractivity contribution is 7.89. The van der Waals surface area contributed by atoms with Crippen molar-refractivity contribution in [1.82, 2.24) is 14.9 Å². The van der Waals surface area contributed by atoms with E-state index in [-0.39, 0.29) is 18.0 Å². The third-order valence-electron chi connectivity index (χ3n) is 3.56. The van der Waals surface area contributed by atoms with E-state index in [2.05, 4.69) is 10.6 Å². The molecule has 1 unspecified atom stereocenters. The number of rotatable bonds is 5. The van der Waals surface area contributed by atoms with Gasteiger partial charge in [0.2, 0.25) is 10.0 Å². The van der Waals surface area contributed by atoms with Crippen LogP contribution in [0.3, 0.4) is 0 Å². The molecule has 2 amide bonds. The number of likely N-dealkylation sites (N-methyl/N-ethyl adjacent to an activating group) is 1. The van der Waals surface area contributed by atoms with E-state index in [4.69, 9.17) is 16.3 Å². The second-order valence-corrected chi connectivity index (χ2v) is 7.65. The lowest BCUT2D eigenvalue weighted by Gasteiger charge is -2.34. The van der Waals surface area contributed by atoms with Crippen LogP contribution in [0.2, 0.25) is 5.02 Å². The van der Waals surface area contributed by atoms with Crippen LogP contribution in [0, 0.1) is 0 Å². The largest absolute Gasteiger partial charge is 0.360 e. The highest BCUT2D eigenvalue weighted by Gasteiger charge is 2.34. The van der Waals surface area contributed by atoms with Gasteiger partial charge in [0.25, 0.3) is 0 Å². The molecule has 2 N–H and O–H groups in total. The Morgan fingerprint density at radius 2 is 1.88 bits per heavy atom. The second-order valence-electron chi connectivity index (χ2n) is 5.32. The van der Waals surface area contributed by atoms with Gasteiger partial charge in [0, 0.05) is 18.1 Å². The van der Waals surface area contributed by atoms with Gasteiger partial charge < -0.3 is 15.4 Å². The fourth-order valence-corrected chi connectivity index (χ4v) is 4.04. The molecule has 2 rings (SSSR count). The Labute approximate surface area is 151 Å². The van der Waals surface area contributed by atoms with E-state index in [1.54, 1.807) is 6.92 Å². The Morgan fingerprint density at radius 3 is 2.52 bits per heavy atom. The van der Waals surface area contributed by atoms with Crippen LogP contribution in [-0.2, 0) is 24.3 Å². The Bertz CT molecular complexity index is 723. The van der Waals surface area contributed by atoms with Gasteiger partial charge in [0.15, 0.2) is 0 Å². The van der Waals surface area contributed by atoms with Crippen LogP contribution in [-0.4, -0.2) is 57.0 Å². The summed E-state index contributed by atoms with van der Waals surface area (Å²) < 4.78 is 32.3. The van der Waals surface area contributed by atoms with Gasteiger partial charge in [0.05, 0.1) is 18.0 Å². The van der Waals surface area contributed by atoms with Crippen molar-refractivity contribution < 1.29 is 22.7 Å². The van der Waals surface area contributed by atoms with E-state index in [9.17, 15) is 18.0 Å². The van der Waals surface area contributed by atoms with Gasteiger partial charge in [-0.25, -0.2) is 8.42 Å². The zero-order valence-electron chi connectivity index (χ0n) is 13.7. The van der Waals surface area contributed by atoms with Crippen LogP contribution in [0.5, 0.6) is 0 Å². The van der Waals surface area contributed by atoms with Crippen molar-refractivity contribution in [2.45, 2.75) is 24.5 Å². The van der Waals surface area contributed by atoms with Crippen molar-refractivity contribution in [3.05, 3.63) is 29.3 Å². The van der Waals surface area contributed by atoms with Crippen LogP contribution in [0.1, 0.15) is 13.3 Å². The molecule has 1 aliphatic rings. The molecule has 1 heterocycles. The molecule has 10 heteroatoms. The Balaban J connectivity index is 2.10. The van der Waals surface area contributed by atoms with Gasteiger partial charge in [-0.3, -0.25) is 9.59 Å². The first-order chi connectivity index (χ1) is 11.9. The molecule has 1 atom stereocenters. The van der Waals surface area contributed by atoms with E-state index in [0.29, 0.717) is 24.6 Å². The number of hydrogen-bond donors (Lipinski definition) is 2. The molecule has 0 radical (unpaired) electrons. The van der Waals surface area contributed by atoms with Crippen molar-refractivity contribution in [1.29, 1.82) is 0 Å².